The minimum absolute atomic E-state index is 0.0589. The lowest BCUT2D eigenvalue weighted by Crippen LogP contribution is -2.59. The van der Waals surface area contributed by atoms with Gasteiger partial charge in [-0.2, -0.15) is 0 Å². The van der Waals surface area contributed by atoms with Gasteiger partial charge in [-0.15, -0.1) is 0 Å². The van der Waals surface area contributed by atoms with E-state index in [1.54, 1.807) is 0 Å². The summed E-state index contributed by atoms with van der Waals surface area (Å²) < 4.78 is 0. The summed E-state index contributed by atoms with van der Waals surface area (Å²) in [6, 6.07) is 0.373. The molecule has 0 aromatic rings. The third kappa shape index (κ3) is 5.71. The van der Waals surface area contributed by atoms with Gasteiger partial charge in [-0.1, -0.05) is 26.2 Å². The monoisotopic (exact) mass is 339 g/mol. The van der Waals surface area contributed by atoms with Crippen LogP contribution in [-0.4, -0.2) is 71.7 Å². The molecule has 0 unspecified atom stereocenters. The second-order valence-electron chi connectivity index (χ2n) is 7.83. The highest BCUT2D eigenvalue weighted by Crippen LogP contribution is 2.23. The smallest absolute Gasteiger partial charge is 0.237 e. The zero-order chi connectivity index (χ0) is 17.5. The first-order valence-electron chi connectivity index (χ1n) is 9.95. The van der Waals surface area contributed by atoms with Crippen molar-refractivity contribution in [1.29, 1.82) is 0 Å². The van der Waals surface area contributed by atoms with Crippen LogP contribution in [0, 0.1) is 5.92 Å². The summed E-state index contributed by atoms with van der Waals surface area (Å²) in [7, 11) is 0. The molecule has 0 aromatic heterocycles. The van der Waals surface area contributed by atoms with Crippen LogP contribution in [0.25, 0.3) is 0 Å². The highest BCUT2D eigenvalue weighted by molar-refractivity contribution is 5.81. The van der Waals surface area contributed by atoms with E-state index < -0.39 is 0 Å². The van der Waals surface area contributed by atoms with Gasteiger partial charge in [0.1, 0.15) is 0 Å². The molecule has 2 fully saturated rings. The Balaban J connectivity index is 1.78. The number of hydrogen-bond acceptors (Lipinski definition) is 4. The first-order chi connectivity index (χ1) is 11.5. The number of rotatable bonds is 7. The summed E-state index contributed by atoms with van der Waals surface area (Å²) in [5.41, 5.74) is 0. The molecule has 3 atom stereocenters. The Kier molecular flexibility index (Phi) is 7.98. The van der Waals surface area contributed by atoms with E-state index in [2.05, 4.69) is 22.0 Å². The van der Waals surface area contributed by atoms with Gasteiger partial charge in [-0.05, 0) is 39.0 Å². The van der Waals surface area contributed by atoms with Gasteiger partial charge >= 0.3 is 0 Å². The molecule has 1 aliphatic carbocycles. The number of piperazine rings is 1. The molecule has 140 valence electrons. The second kappa shape index (κ2) is 9.73. The van der Waals surface area contributed by atoms with Crippen LogP contribution in [0.2, 0.25) is 0 Å². The summed E-state index contributed by atoms with van der Waals surface area (Å²) in [5.74, 6) is 0.862. The molecule has 2 rings (SSSR count). The molecular formula is C19H37N3O2. The Morgan fingerprint density at radius 1 is 1.21 bits per heavy atom. The molecule has 2 N–H and O–H groups in total. The molecule has 1 aliphatic heterocycles. The van der Waals surface area contributed by atoms with Crippen molar-refractivity contribution in [2.24, 2.45) is 5.92 Å². The number of β-amino-alcohol motifs (C(OH)–C–C–N with tert-alkyl or cyclic N) is 1. The third-order valence-corrected chi connectivity index (χ3v) is 5.82. The summed E-state index contributed by atoms with van der Waals surface area (Å²) in [5, 5.41) is 12.8. The van der Waals surface area contributed by atoms with Crippen LogP contribution < -0.4 is 5.32 Å². The molecule has 1 saturated carbocycles. The third-order valence-electron chi connectivity index (χ3n) is 5.82. The average molecular weight is 340 g/mol. The van der Waals surface area contributed by atoms with Gasteiger partial charge in [0.05, 0.1) is 12.1 Å². The fraction of sp³-hybridized carbons (Fsp3) is 0.947. The van der Waals surface area contributed by atoms with E-state index in [-0.39, 0.29) is 18.1 Å². The van der Waals surface area contributed by atoms with E-state index in [0.717, 1.165) is 39.1 Å². The molecule has 24 heavy (non-hydrogen) atoms. The van der Waals surface area contributed by atoms with Crippen LogP contribution in [0.5, 0.6) is 0 Å². The van der Waals surface area contributed by atoms with E-state index in [9.17, 15) is 9.90 Å². The van der Waals surface area contributed by atoms with Crippen molar-refractivity contribution >= 4 is 5.91 Å². The average Bonchev–Trinajstić information content (AvgIpc) is 2.59. The molecule has 1 heterocycles. The number of carbonyl (C=O) groups excluding carboxylic acids is 1. The molecular weight excluding hydrogens is 302 g/mol. The van der Waals surface area contributed by atoms with Gasteiger partial charge in [0.25, 0.3) is 0 Å². The highest BCUT2D eigenvalue weighted by atomic mass is 16.3. The standard InChI is InChI=1S/C19H37N3O2/c1-4-18-14-21(10-11-22(18)13-15(2)23)16(3)19(24)20-12-17-8-6-5-7-9-17/h15-18,23H,4-14H2,1-3H3,(H,20,24)/t15-,16+,18-/m1/s1. The molecule has 0 bridgehead atoms. The SMILES string of the molecule is CC[C@@H]1CN([C@@H](C)C(=O)NCC2CCCCC2)CCN1C[C@@H](C)O. The predicted molar refractivity (Wildman–Crippen MR) is 98.0 cm³/mol. The van der Waals surface area contributed by atoms with Crippen LogP contribution in [0.1, 0.15) is 59.3 Å². The van der Waals surface area contributed by atoms with Crippen LogP contribution in [0.4, 0.5) is 0 Å². The molecule has 0 radical (unpaired) electrons. The van der Waals surface area contributed by atoms with Crippen molar-refractivity contribution in [2.75, 3.05) is 32.7 Å². The summed E-state index contributed by atoms with van der Waals surface area (Å²) >= 11 is 0. The molecule has 5 nitrogen and oxygen atoms in total. The number of nitrogens with one attached hydrogen (secondary N) is 1. The summed E-state index contributed by atoms with van der Waals surface area (Å²) in [6.45, 7) is 10.4. The van der Waals surface area contributed by atoms with Crippen molar-refractivity contribution < 1.29 is 9.90 Å². The molecule has 2 aliphatic rings. The number of amides is 1. The van der Waals surface area contributed by atoms with Crippen LogP contribution in [0.15, 0.2) is 0 Å². The predicted octanol–water partition coefficient (Wildman–Crippen LogP) is 1.85. The van der Waals surface area contributed by atoms with Gasteiger partial charge in [-0.25, -0.2) is 0 Å². The van der Waals surface area contributed by atoms with Crippen molar-refractivity contribution in [3.8, 4) is 0 Å². The lowest BCUT2D eigenvalue weighted by Gasteiger charge is -2.43. The Morgan fingerprint density at radius 3 is 2.54 bits per heavy atom. The lowest BCUT2D eigenvalue weighted by atomic mass is 9.89. The van der Waals surface area contributed by atoms with Crippen LogP contribution in [0.3, 0.4) is 0 Å². The zero-order valence-corrected chi connectivity index (χ0v) is 15.8. The zero-order valence-electron chi connectivity index (χ0n) is 15.8. The summed E-state index contributed by atoms with van der Waals surface area (Å²) in [6.07, 6.45) is 7.30. The number of carbonyl (C=O) groups is 1. The number of nitrogens with zero attached hydrogens (tertiary/aromatic N) is 2. The summed E-state index contributed by atoms with van der Waals surface area (Å²) in [4.78, 5) is 17.2. The minimum Gasteiger partial charge on any atom is -0.392 e. The molecule has 1 amide bonds. The molecule has 0 aromatic carbocycles. The Labute approximate surface area is 147 Å². The second-order valence-corrected chi connectivity index (χ2v) is 7.83. The topological polar surface area (TPSA) is 55.8 Å². The number of aliphatic hydroxyl groups is 1. The van der Waals surface area contributed by atoms with Crippen molar-refractivity contribution in [3.63, 3.8) is 0 Å². The number of aliphatic hydroxyl groups excluding tert-OH is 1. The van der Waals surface area contributed by atoms with E-state index >= 15 is 0 Å². The minimum atomic E-state index is -0.290. The van der Waals surface area contributed by atoms with Crippen LogP contribution in [-0.2, 0) is 4.79 Å². The van der Waals surface area contributed by atoms with Crippen molar-refractivity contribution in [2.45, 2.75) is 77.5 Å². The van der Waals surface area contributed by atoms with E-state index in [1.165, 1.54) is 32.1 Å². The van der Waals surface area contributed by atoms with Gasteiger partial charge in [-0.3, -0.25) is 14.6 Å². The Hall–Kier alpha value is -0.650. The van der Waals surface area contributed by atoms with Gasteiger partial charge < -0.3 is 10.4 Å². The van der Waals surface area contributed by atoms with Crippen LogP contribution >= 0.6 is 0 Å². The maximum absolute atomic E-state index is 12.5. The maximum Gasteiger partial charge on any atom is 0.237 e. The number of hydrogen-bond donors (Lipinski definition) is 2. The Bertz CT molecular complexity index is 383. The van der Waals surface area contributed by atoms with E-state index in [0.29, 0.717) is 12.0 Å². The normalized spacial score (nSPS) is 26.9. The Morgan fingerprint density at radius 2 is 1.92 bits per heavy atom. The quantitative estimate of drug-likeness (QED) is 0.743. The van der Waals surface area contributed by atoms with Crippen molar-refractivity contribution in [3.05, 3.63) is 0 Å². The van der Waals surface area contributed by atoms with Gasteiger partial charge in [0.2, 0.25) is 5.91 Å². The largest absolute Gasteiger partial charge is 0.392 e. The van der Waals surface area contributed by atoms with Gasteiger partial charge in [0, 0.05) is 38.8 Å². The lowest BCUT2D eigenvalue weighted by molar-refractivity contribution is -0.127. The fourth-order valence-corrected chi connectivity index (χ4v) is 4.19. The van der Waals surface area contributed by atoms with E-state index in [1.807, 2.05) is 13.8 Å². The van der Waals surface area contributed by atoms with Crippen molar-refractivity contribution in [1.82, 2.24) is 15.1 Å². The van der Waals surface area contributed by atoms with E-state index in [4.69, 9.17) is 0 Å². The fourth-order valence-electron chi connectivity index (χ4n) is 4.19. The van der Waals surface area contributed by atoms with Gasteiger partial charge in [0.15, 0.2) is 0 Å². The molecule has 0 spiro atoms. The molecule has 1 saturated heterocycles. The molecule has 5 heteroatoms. The first-order valence-corrected chi connectivity index (χ1v) is 9.95. The first kappa shape index (κ1) is 19.7. The maximum atomic E-state index is 12.5. The highest BCUT2D eigenvalue weighted by Gasteiger charge is 2.31.